The topological polar surface area (TPSA) is 3.24 Å². The molecule has 0 bridgehead atoms. The third-order valence-electron chi connectivity index (χ3n) is 8.89. The van der Waals surface area contributed by atoms with Crippen LogP contribution in [0, 0.1) is 0 Å². The lowest BCUT2D eigenvalue weighted by Crippen LogP contribution is -2.09. The summed E-state index contributed by atoms with van der Waals surface area (Å²) in [6.07, 6.45) is 0. The highest BCUT2D eigenvalue weighted by Gasteiger charge is 2.17. The molecule has 222 valence electrons. The molecule has 0 radical (unpaired) electrons. The van der Waals surface area contributed by atoms with Crippen LogP contribution in [-0.4, -0.2) is 0 Å². The number of rotatable bonds is 7. The molecule has 0 unspecified atom stereocenters. The van der Waals surface area contributed by atoms with E-state index in [0.717, 1.165) is 17.1 Å². The molecule has 0 fully saturated rings. The molecule has 0 spiro atoms. The van der Waals surface area contributed by atoms with E-state index in [9.17, 15) is 0 Å². The van der Waals surface area contributed by atoms with E-state index in [1.54, 1.807) is 0 Å². The van der Waals surface area contributed by atoms with Crippen molar-refractivity contribution in [1.29, 1.82) is 0 Å². The van der Waals surface area contributed by atoms with E-state index in [-0.39, 0.29) is 0 Å². The van der Waals surface area contributed by atoms with Gasteiger partial charge in [0, 0.05) is 17.1 Å². The molecule has 0 saturated heterocycles. The van der Waals surface area contributed by atoms with Gasteiger partial charge in [-0.1, -0.05) is 164 Å². The van der Waals surface area contributed by atoms with Crippen LogP contribution < -0.4 is 4.90 Å². The molecular weight excluding hydrogens is 567 g/mol. The predicted octanol–water partition coefficient (Wildman–Crippen LogP) is 13.0. The zero-order valence-corrected chi connectivity index (χ0v) is 26.0. The zero-order valence-electron chi connectivity index (χ0n) is 26.0. The molecule has 1 heteroatoms. The average molecular weight is 600 g/mol. The Bertz CT molecular complexity index is 2290. The van der Waals surface area contributed by atoms with E-state index in [2.05, 4.69) is 205 Å². The minimum atomic E-state index is 1.12. The molecule has 0 aliphatic rings. The van der Waals surface area contributed by atoms with Crippen LogP contribution in [0.25, 0.3) is 55.3 Å². The van der Waals surface area contributed by atoms with Gasteiger partial charge in [0.15, 0.2) is 0 Å². The van der Waals surface area contributed by atoms with E-state index in [1.807, 2.05) is 0 Å². The number of hydrogen-bond donors (Lipinski definition) is 0. The van der Waals surface area contributed by atoms with Crippen LogP contribution in [0.4, 0.5) is 17.1 Å². The summed E-state index contributed by atoms with van der Waals surface area (Å²) >= 11 is 0. The third kappa shape index (κ3) is 5.60. The molecule has 0 aliphatic heterocycles. The minimum Gasteiger partial charge on any atom is -0.310 e. The SMILES string of the molecule is c1ccc(-c2ccccc2-c2ccccc2-c2ccccc2-c2ccc(N(c3ccccc3)c3ccc4ccccc4c3)cc2)cc1. The Balaban J connectivity index is 1.21. The van der Waals surface area contributed by atoms with E-state index in [4.69, 9.17) is 0 Å². The molecule has 47 heavy (non-hydrogen) atoms. The summed E-state index contributed by atoms with van der Waals surface area (Å²) in [6.45, 7) is 0. The normalized spacial score (nSPS) is 11.0. The van der Waals surface area contributed by atoms with Gasteiger partial charge in [-0.3, -0.25) is 0 Å². The maximum absolute atomic E-state index is 2.33. The summed E-state index contributed by atoms with van der Waals surface area (Å²) in [5.74, 6) is 0. The number of para-hydroxylation sites is 1. The summed E-state index contributed by atoms with van der Waals surface area (Å²) in [4.78, 5) is 2.33. The lowest BCUT2D eigenvalue weighted by molar-refractivity contribution is 1.29. The van der Waals surface area contributed by atoms with Crippen LogP contribution in [0.15, 0.2) is 200 Å². The van der Waals surface area contributed by atoms with Crippen LogP contribution in [0.3, 0.4) is 0 Å². The standard InChI is InChI=1S/C46H33N/c1-3-16-35(17-4-1)41-21-9-11-23-43(41)45-25-13-14-26-46(45)44-24-12-10-22-42(44)36-28-30-39(31-29-36)47(38-19-5-2-6-20-38)40-32-27-34-15-7-8-18-37(34)33-40/h1-33H. The van der Waals surface area contributed by atoms with Gasteiger partial charge in [0.1, 0.15) is 0 Å². The quantitative estimate of drug-likeness (QED) is 0.176. The van der Waals surface area contributed by atoms with Crippen LogP contribution in [0.2, 0.25) is 0 Å². The molecule has 0 heterocycles. The van der Waals surface area contributed by atoms with E-state index < -0.39 is 0 Å². The Kier molecular flexibility index (Phi) is 7.63. The molecular formula is C46H33N. The molecule has 0 N–H and O–H groups in total. The number of hydrogen-bond acceptors (Lipinski definition) is 1. The number of nitrogens with zero attached hydrogens (tertiary/aromatic N) is 1. The maximum atomic E-state index is 2.33. The first-order valence-electron chi connectivity index (χ1n) is 16.1. The van der Waals surface area contributed by atoms with Crippen molar-refractivity contribution in [2.75, 3.05) is 4.90 Å². The Labute approximate surface area is 276 Å². The molecule has 0 amide bonds. The van der Waals surface area contributed by atoms with Crippen molar-refractivity contribution in [2.45, 2.75) is 0 Å². The van der Waals surface area contributed by atoms with E-state index in [1.165, 1.54) is 55.3 Å². The van der Waals surface area contributed by atoms with Gasteiger partial charge in [-0.15, -0.1) is 0 Å². The van der Waals surface area contributed by atoms with Crippen LogP contribution in [-0.2, 0) is 0 Å². The largest absolute Gasteiger partial charge is 0.310 e. The van der Waals surface area contributed by atoms with Crippen molar-refractivity contribution < 1.29 is 0 Å². The van der Waals surface area contributed by atoms with Gasteiger partial charge < -0.3 is 4.90 Å². The van der Waals surface area contributed by atoms with Gasteiger partial charge in [0.05, 0.1) is 0 Å². The fourth-order valence-corrected chi connectivity index (χ4v) is 6.64. The third-order valence-corrected chi connectivity index (χ3v) is 8.89. The molecule has 8 aromatic rings. The lowest BCUT2D eigenvalue weighted by atomic mass is 9.87. The smallest absolute Gasteiger partial charge is 0.0468 e. The van der Waals surface area contributed by atoms with Crippen molar-refractivity contribution >= 4 is 27.8 Å². The van der Waals surface area contributed by atoms with Gasteiger partial charge >= 0.3 is 0 Å². The highest BCUT2D eigenvalue weighted by Crippen LogP contribution is 2.42. The second-order valence-electron chi connectivity index (χ2n) is 11.8. The minimum absolute atomic E-state index is 1.12. The second-order valence-corrected chi connectivity index (χ2v) is 11.8. The summed E-state index contributed by atoms with van der Waals surface area (Å²) in [7, 11) is 0. The first-order valence-corrected chi connectivity index (χ1v) is 16.1. The lowest BCUT2D eigenvalue weighted by Gasteiger charge is -2.26. The van der Waals surface area contributed by atoms with Crippen molar-refractivity contribution in [3.05, 3.63) is 200 Å². The molecule has 8 rings (SSSR count). The monoisotopic (exact) mass is 599 g/mol. The molecule has 0 atom stereocenters. The fourth-order valence-electron chi connectivity index (χ4n) is 6.64. The Morgan fingerprint density at radius 3 is 1.19 bits per heavy atom. The highest BCUT2D eigenvalue weighted by molar-refractivity contribution is 5.96. The molecule has 0 saturated carbocycles. The first kappa shape index (κ1) is 28.3. The van der Waals surface area contributed by atoms with Crippen molar-refractivity contribution in [3.8, 4) is 44.5 Å². The van der Waals surface area contributed by atoms with Gasteiger partial charge in [0.25, 0.3) is 0 Å². The Morgan fingerprint density at radius 2 is 0.617 bits per heavy atom. The second kappa shape index (κ2) is 12.7. The molecule has 0 aromatic heterocycles. The van der Waals surface area contributed by atoms with Gasteiger partial charge in [-0.2, -0.15) is 0 Å². The predicted molar refractivity (Wildman–Crippen MR) is 200 cm³/mol. The van der Waals surface area contributed by atoms with Crippen molar-refractivity contribution in [2.24, 2.45) is 0 Å². The summed E-state index contributed by atoms with van der Waals surface area (Å²) in [6, 6.07) is 71.8. The highest BCUT2D eigenvalue weighted by atomic mass is 15.1. The Morgan fingerprint density at radius 1 is 0.234 bits per heavy atom. The number of fused-ring (bicyclic) bond motifs is 1. The van der Waals surface area contributed by atoms with Crippen molar-refractivity contribution in [1.82, 2.24) is 0 Å². The van der Waals surface area contributed by atoms with E-state index >= 15 is 0 Å². The molecule has 0 aliphatic carbocycles. The van der Waals surface area contributed by atoms with Gasteiger partial charge in [-0.05, 0) is 91.7 Å². The van der Waals surface area contributed by atoms with Gasteiger partial charge in [-0.25, -0.2) is 0 Å². The molecule has 8 aromatic carbocycles. The van der Waals surface area contributed by atoms with Crippen LogP contribution in [0.1, 0.15) is 0 Å². The van der Waals surface area contributed by atoms with Gasteiger partial charge in [0.2, 0.25) is 0 Å². The fraction of sp³-hybridized carbons (Fsp3) is 0. The summed E-state index contributed by atoms with van der Waals surface area (Å²) < 4.78 is 0. The maximum Gasteiger partial charge on any atom is 0.0468 e. The summed E-state index contributed by atoms with van der Waals surface area (Å²) in [5, 5.41) is 2.46. The van der Waals surface area contributed by atoms with Crippen LogP contribution in [0.5, 0.6) is 0 Å². The molecule has 1 nitrogen and oxygen atoms in total. The Hall–Kier alpha value is -6.18. The van der Waals surface area contributed by atoms with Crippen molar-refractivity contribution in [3.63, 3.8) is 0 Å². The summed E-state index contributed by atoms with van der Waals surface area (Å²) in [5.41, 5.74) is 13.1. The number of anilines is 3. The first-order chi connectivity index (χ1) is 23.3. The van der Waals surface area contributed by atoms with Crippen LogP contribution >= 0.6 is 0 Å². The zero-order chi connectivity index (χ0) is 31.4. The van der Waals surface area contributed by atoms with E-state index in [0.29, 0.717) is 0 Å². The average Bonchev–Trinajstić information content (AvgIpc) is 3.16. The number of benzene rings is 8.